The number of hydrogen-bond acceptors (Lipinski definition) is 10. The number of ether oxygens (including phenoxy) is 3. The van der Waals surface area contributed by atoms with Gasteiger partial charge >= 0.3 is 6.09 Å². The molecule has 2 aliphatic carbocycles. The average Bonchev–Trinajstić information content (AvgIpc) is 4.05. The zero-order valence-electron chi connectivity index (χ0n) is 35.5. The number of carboxylic acid groups (broad SMARTS) is 1. The lowest BCUT2D eigenvalue weighted by Gasteiger charge is -2.47. The van der Waals surface area contributed by atoms with Gasteiger partial charge < -0.3 is 29.5 Å². The molecule has 19 heteroatoms. The summed E-state index contributed by atoms with van der Waals surface area (Å²) in [4.78, 5) is 63.3. The smallest absolute Gasteiger partial charge is 0.408 e. The highest BCUT2D eigenvalue weighted by molar-refractivity contribution is 7.91. The minimum absolute atomic E-state index is 0.0488. The number of carbonyl (C=O) groups excluding carboxylic acids is 3. The minimum Gasteiger partial charge on any atom is -0.475 e. The molecule has 4 amide bonds. The van der Waals surface area contributed by atoms with Crippen molar-refractivity contribution in [1.82, 2.24) is 24.8 Å². The molecule has 15 nitrogen and oxygen atoms in total. The summed E-state index contributed by atoms with van der Waals surface area (Å²) in [5.41, 5.74) is -4.09. The number of allylic oxidation sites excluding steroid dienone is 1. The Bertz CT molecular complexity index is 2180. The zero-order chi connectivity index (χ0) is 44.9. The molecular formula is C42H56ClF2N5O10S. The van der Waals surface area contributed by atoms with Crippen LogP contribution in [0.15, 0.2) is 36.4 Å². The van der Waals surface area contributed by atoms with E-state index in [9.17, 15) is 27.9 Å². The predicted octanol–water partition coefficient (Wildman–Crippen LogP) is 5.93. The van der Waals surface area contributed by atoms with E-state index >= 15 is 13.6 Å². The molecule has 3 heterocycles. The van der Waals surface area contributed by atoms with Crippen LogP contribution in [-0.2, 0) is 29.1 Å². The Morgan fingerprint density at radius 3 is 2.48 bits per heavy atom. The first kappa shape index (κ1) is 46.2. The van der Waals surface area contributed by atoms with Crippen molar-refractivity contribution in [1.29, 1.82) is 0 Å². The van der Waals surface area contributed by atoms with E-state index in [2.05, 4.69) is 15.0 Å². The summed E-state index contributed by atoms with van der Waals surface area (Å²) in [7, 11) is -2.60. The molecule has 0 unspecified atom stereocenters. The number of hydrogen-bond donors (Lipinski definition) is 3. The highest BCUT2D eigenvalue weighted by Crippen LogP contribution is 2.48. The third-order valence-electron chi connectivity index (χ3n) is 12.9. The fourth-order valence-electron chi connectivity index (χ4n) is 8.40. The Morgan fingerprint density at radius 1 is 1.13 bits per heavy atom. The van der Waals surface area contributed by atoms with Crippen molar-refractivity contribution in [2.45, 2.75) is 126 Å². The van der Waals surface area contributed by atoms with E-state index in [-0.39, 0.29) is 56.7 Å². The van der Waals surface area contributed by atoms with Gasteiger partial charge in [-0.3, -0.25) is 24.0 Å². The molecule has 3 fully saturated rings. The van der Waals surface area contributed by atoms with Crippen LogP contribution in [0.1, 0.15) is 86.5 Å². The van der Waals surface area contributed by atoms with Crippen LogP contribution in [0.25, 0.3) is 10.8 Å². The maximum Gasteiger partial charge on any atom is 0.408 e. The average molecular weight is 896 g/mol. The van der Waals surface area contributed by atoms with E-state index in [0.717, 1.165) is 18.7 Å². The van der Waals surface area contributed by atoms with Gasteiger partial charge in [0.05, 0.1) is 17.9 Å². The minimum atomic E-state index is -4.11. The number of rotatable bonds is 12. The summed E-state index contributed by atoms with van der Waals surface area (Å²) in [6.45, 7) is 7.86. The summed E-state index contributed by atoms with van der Waals surface area (Å²) in [6.07, 6.45) is 2.80. The van der Waals surface area contributed by atoms with Gasteiger partial charge in [0.1, 0.15) is 35.9 Å². The van der Waals surface area contributed by atoms with Gasteiger partial charge in [0.2, 0.25) is 33.6 Å². The molecule has 1 aromatic heterocycles. The Morgan fingerprint density at radius 2 is 1.84 bits per heavy atom. The highest BCUT2D eigenvalue weighted by atomic mass is 35.5. The number of benzene rings is 1. The molecule has 7 atom stereocenters. The number of methoxy groups -OCH3 is 1. The molecule has 0 radical (unpaired) electrons. The molecule has 0 spiro atoms. The molecule has 1 aromatic carbocycles. The number of nitrogens with one attached hydrogen (secondary N) is 2. The van der Waals surface area contributed by atoms with Gasteiger partial charge in [-0.15, -0.1) is 0 Å². The molecule has 2 aliphatic heterocycles. The molecule has 6 rings (SSSR count). The van der Waals surface area contributed by atoms with E-state index < -0.39 is 85.6 Å². The van der Waals surface area contributed by atoms with E-state index in [0.29, 0.717) is 53.3 Å². The summed E-state index contributed by atoms with van der Waals surface area (Å²) in [6, 6.07) is 3.57. The fourth-order valence-corrected chi connectivity index (χ4v) is 9.94. The normalized spacial score (nSPS) is 28.7. The Kier molecular flexibility index (Phi) is 13.0. The zero-order valence-corrected chi connectivity index (χ0v) is 37.1. The standard InChI is InChI=1S/C42H56ClF2N5O10S/c1-24-11-8-9-12-26-22-42(26,37(53)48-61(56,57)40(5)15-16-40)47-34(51)31-20-27(60-35-28-13-10-14-30(43)29(28)21-32(46-35)59-18-17-58-7)23-49(31)36(52)33(25(2)19-24)50(38(54)55)39(3,4)41(6,44)45/h9-10,12-14,21,24-27,31,33H,8,11,15-20,22-23H2,1-7H3,(H,47,51)(H,48,53)(H,54,55)/b12-9-/t24-,25+,26+,27+,31-,33-,42+/m0/s1. The predicted molar refractivity (Wildman–Crippen MR) is 222 cm³/mol. The number of carbonyl (C=O) groups is 4. The Hall–Kier alpha value is -4.29. The number of aromatic nitrogens is 1. The molecular weight excluding hydrogens is 840 g/mol. The third kappa shape index (κ3) is 9.26. The maximum atomic E-state index is 15.4. The van der Waals surface area contributed by atoms with Crippen molar-refractivity contribution < 1.29 is 55.7 Å². The number of nitrogens with zero attached hydrogens (tertiary/aromatic N) is 3. The van der Waals surface area contributed by atoms with E-state index in [1.807, 2.05) is 13.0 Å². The molecule has 3 N–H and O–H groups in total. The van der Waals surface area contributed by atoms with Gasteiger partial charge in [-0.05, 0) is 83.3 Å². The largest absolute Gasteiger partial charge is 0.475 e. The number of alkyl halides is 2. The molecule has 4 aliphatic rings. The topological polar surface area (TPSA) is 194 Å². The van der Waals surface area contributed by atoms with Gasteiger partial charge in [0, 0.05) is 48.2 Å². The van der Waals surface area contributed by atoms with Crippen molar-refractivity contribution in [2.75, 3.05) is 26.9 Å². The number of sulfonamides is 1. The lowest BCUT2D eigenvalue weighted by Crippen LogP contribution is -2.66. The molecule has 336 valence electrons. The third-order valence-corrected chi connectivity index (χ3v) is 15.4. The van der Waals surface area contributed by atoms with Crippen molar-refractivity contribution in [3.8, 4) is 11.8 Å². The van der Waals surface area contributed by atoms with Gasteiger partial charge in [-0.1, -0.05) is 43.7 Å². The summed E-state index contributed by atoms with van der Waals surface area (Å²) >= 11 is 6.58. The fraction of sp³-hybridized carbons (Fsp3) is 0.643. The number of fused-ring (bicyclic) bond motifs is 3. The second kappa shape index (κ2) is 17.1. The van der Waals surface area contributed by atoms with E-state index in [1.54, 1.807) is 37.3 Å². The van der Waals surface area contributed by atoms with Crippen LogP contribution in [0.3, 0.4) is 0 Å². The quantitative estimate of drug-likeness (QED) is 0.169. The van der Waals surface area contributed by atoms with Gasteiger partial charge in [0.15, 0.2) is 0 Å². The maximum absolute atomic E-state index is 15.4. The summed E-state index contributed by atoms with van der Waals surface area (Å²) in [5.74, 6) is -7.60. The number of pyridine rings is 1. The Labute approximate surface area is 359 Å². The second-order valence-electron chi connectivity index (χ2n) is 17.9. The number of amides is 4. The first-order chi connectivity index (χ1) is 28.5. The molecule has 2 aromatic rings. The summed E-state index contributed by atoms with van der Waals surface area (Å²) in [5, 5.41) is 14.8. The SMILES string of the molecule is COCCOc1cc2c(Cl)cccc2c(O[C@@H]2C[C@H]3C(=O)N[C@]4(C(=O)NS(=O)(=O)C5(C)CC5)C[C@H]4/C=C\CC[C@H](C)C[C@@H](C)[C@H](N(C(=O)O)C(C)(C)C(C)(F)F)C(=O)N3C2)n1. The van der Waals surface area contributed by atoms with Crippen molar-refractivity contribution >= 4 is 56.2 Å². The molecule has 0 bridgehead atoms. The van der Waals surface area contributed by atoms with Crippen molar-refractivity contribution in [3.63, 3.8) is 0 Å². The first-order valence-corrected chi connectivity index (χ1v) is 22.5. The molecule has 1 saturated heterocycles. The van der Waals surface area contributed by atoms with Crippen molar-refractivity contribution in [3.05, 3.63) is 41.4 Å². The van der Waals surface area contributed by atoms with Gasteiger partial charge in [-0.2, -0.15) is 4.98 Å². The van der Waals surface area contributed by atoms with Crippen LogP contribution in [-0.4, -0.2) is 119 Å². The van der Waals surface area contributed by atoms with Crippen molar-refractivity contribution in [2.24, 2.45) is 17.8 Å². The van der Waals surface area contributed by atoms with Crippen LogP contribution in [0.4, 0.5) is 13.6 Å². The summed E-state index contributed by atoms with van der Waals surface area (Å²) < 4.78 is 75.9. The lowest BCUT2D eigenvalue weighted by atomic mass is 9.84. The lowest BCUT2D eigenvalue weighted by molar-refractivity contribution is -0.156. The Balaban J connectivity index is 1.44. The number of halogens is 3. The van der Waals surface area contributed by atoms with E-state index in [4.69, 9.17) is 25.8 Å². The highest BCUT2D eigenvalue weighted by Gasteiger charge is 2.63. The van der Waals surface area contributed by atoms with Crippen LogP contribution in [0.5, 0.6) is 11.8 Å². The van der Waals surface area contributed by atoms with Crippen LogP contribution >= 0.6 is 11.6 Å². The monoisotopic (exact) mass is 895 g/mol. The molecule has 2 saturated carbocycles. The van der Waals surface area contributed by atoms with Crippen LogP contribution in [0, 0.1) is 17.8 Å². The first-order valence-electron chi connectivity index (χ1n) is 20.6. The second-order valence-corrected chi connectivity index (χ2v) is 20.6. The van der Waals surface area contributed by atoms with Gasteiger partial charge in [-0.25, -0.2) is 22.0 Å². The molecule has 61 heavy (non-hydrogen) atoms. The van der Waals surface area contributed by atoms with E-state index in [1.165, 1.54) is 14.0 Å². The van der Waals surface area contributed by atoms with Crippen LogP contribution in [0.2, 0.25) is 5.02 Å². The van der Waals surface area contributed by atoms with Gasteiger partial charge in [0.25, 0.3) is 11.8 Å². The van der Waals surface area contributed by atoms with Crippen LogP contribution < -0.4 is 19.5 Å².